The lowest BCUT2D eigenvalue weighted by Gasteiger charge is -2.12. The van der Waals surface area contributed by atoms with Gasteiger partial charge in [0.2, 0.25) is 0 Å². The number of hydrogen-bond acceptors (Lipinski definition) is 5. The van der Waals surface area contributed by atoms with E-state index >= 15 is 0 Å². The second-order valence-corrected chi connectivity index (χ2v) is 10.2. The van der Waals surface area contributed by atoms with Crippen LogP contribution in [0.25, 0.3) is 0 Å². The number of nitro benzene ring substituents is 1. The van der Waals surface area contributed by atoms with E-state index in [0.717, 1.165) is 25.7 Å². The number of benzene rings is 1. The normalized spacial score (nSPS) is 11.1. The number of ether oxygens (including phenoxy) is 2. The molecule has 0 saturated carbocycles. The smallest absolute Gasteiger partial charge is 0.314 e. The van der Waals surface area contributed by atoms with Crippen LogP contribution in [0.5, 0.6) is 11.5 Å². The summed E-state index contributed by atoms with van der Waals surface area (Å²) in [5, 5.41) is 11.6. The first-order chi connectivity index (χ1) is 17.6. The van der Waals surface area contributed by atoms with Crippen molar-refractivity contribution in [2.75, 3.05) is 18.9 Å². The average Bonchev–Trinajstić information content (AvgIpc) is 2.86. The Labute approximate surface area is 220 Å². The van der Waals surface area contributed by atoms with E-state index in [1.54, 1.807) is 6.07 Å². The second kappa shape index (κ2) is 22.2. The van der Waals surface area contributed by atoms with Crippen molar-refractivity contribution in [1.29, 1.82) is 0 Å². The molecular weight excluding hydrogens is 452 g/mol. The largest absolute Gasteiger partial charge is 0.491 e. The molecule has 208 valence electrons. The molecule has 0 saturated heterocycles. The Balaban J connectivity index is 2.24. The van der Waals surface area contributed by atoms with Gasteiger partial charge in [-0.05, 0) is 12.8 Å². The molecule has 0 aromatic heterocycles. The van der Waals surface area contributed by atoms with Crippen LogP contribution in [0.1, 0.15) is 142 Å². The topological polar surface area (TPSA) is 87.6 Å². The molecular formula is C30H54N2O4. The van der Waals surface area contributed by atoms with Crippen molar-refractivity contribution in [3.63, 3.8) is 0 Å². The number of rotatable bonds is 25. The third-order valence-corrected chi connectivity index (χ3v) is 6.80. The molecule has 0 radical (unpaired) electrons. The summed E-state index contributed by atoms with van der Waals surface area (Å²) in [6.07, 6.45) is 24.9. The highest BCUT2D eigenvalue weighted by Crippen LogP contribution is 2.36. The van der Waals surface area contributed by atoms with Crippen LogP contribution >= 0.6 is 0 Å². The molecule has 0 amide bonds. The predicted molar refractivity (Wildman–Crippen MR) is 152 cm³/mol. The lowest BCUT2D eigenvalue weighted by atomic mass is 10.1. The molecule has 0 spiro atoms. The van der Waals surface area contributed by atoms with Crippen LogP contribution in [-0.2, 0) is 0 Å². The number of hydrogen-bond donors (Lipinski definition) is 1. The number of nitro groups is 1. The highest BCUT2D eigenvalue weighted by Gasteiger charge is 2.19. The molecule has 2 N–H and O–H groups in total. The molecule has 0 bridgehead atoms. The summed E-state index contributed by atoms with van der Waals surface area (Å²) in [6.45, 7) is 5.48. The molecule has 0 heterocycles. The zero-order chi connectivity index (χ0) is 26.3. The van der Waals surface area contributed by atoms with Gasteiger partial charge >= 0.3 is 5.69 Å². The van der Waals surface area contributed by atoms with E-state index < -0.39 is 4.92 Å². The first kappa shape index (κ1) is 32.0. The highest BCUT2D eigenvalue weighted by atomic mass is 16.6. The van der Waals surface area contributed by atoms with Gasteiger partial charge in [-0.3, -0.25) is 10.1 Å². The molecule has 6 heteroatoms. The predicted octanol–water partition coefficient (Wildman–Crippen LogP) is 9.78. The Hall–Kier alpha value is -1.98. The Morgan fingerprint density at radius 2 is 0.972 bits per heavy atom. The Bertz CT molecular complexity index is 681. The fourth-order valence-corrected chi connectivity index (χ4v) is 4.49. The Morgan fingerprint density at radius 3 is 1.36 bits per heavy atom. The van der Waals surface area contributed by atoms with Crippen molar-refractivity contribution in [2.24, 2.45) is 0 Å². The summed E-state index contributed by atoms with van der Waals surface area (Å²) >= 11 is 0. The average molecular weight is 507 g/mol. The van der Waals surface area contributed by atoms with Gasteiger partial charge in [-0.2, -0.15) is 0 Å². The quantitative estimate of drug-likeness (QED) is 0.0617. The van der Waals surface area contributed by atoms with Crippen LogP contribution in [-0.4, -0.2) is 18.1 Å². The maximum Gasteiger partial charge on any atom is 0.314 e. The van der Waals surface area contributed by atoms with Crippen molar-refractivity contribution in [3.8, 4) is 11.5 Å². The Kier molecular flexibility index (Phi) is 19.8. The molecule has 0 atom stereocenters. The van der Waals surface area contributed by atoms with Gasteiger partial charge in [0.1, 0.15) is 5.75 Å². The lowest BCUT2D eigenvalue weighted by Crippen LogP contribution is -2.05. The molecule has 1 rings (SSSR count). The number of unbranched alkanes of at least 4 members (excludes halogenated alkanes) is 18. The van der Waals surface area contributed by atoms with E-state index in [1.807, 2.05) is 0 Å². The molecule has 6 nitrogen and oxygen atoms in total. The minimum Gasteiger partial charge on any atom is -0.491 e. The van der Waals surface area contributed by atoms with Crippen molar-refractivity contribution >= 4 is 11.4 Å². The van der Waals surface area contributed by atoms with Gasteiger partial charge in [-0.15, -0.1) is 0 Å². The van der Waals surface area contributed by atoms with Crippen LogP contribution in [0.3, 0.4) is 0 Å². The summed E-state index contributed by atoms with van der Waals surface area (Å²) in [6, 6.07) is 2.96. The second-order valence-electron chi connectivity index (χ2n) is 10.2. The number of nitrogen functional groups attached to an aromatic ring is 1. The van der Waals surface area contributed by atoms with Crippen molar-refractivity contribution in [2.45, 2.75) is 142 Å². The van der Waals surface area contributed by atoms with Gasteiger partial charge in [-0.1, -0.05) is 129 Å². The molecule has 0 aliphatic heterocycles. The van der Waals surface area contributed by atoms with Crippen molar-refractivity contribution in [1.82, 2.24) is 0 Å². The number of nitrogens with two attached hydrogens (primary N) is 1. The summed E-state index contributed by atoms with van der Waals surface area (Å²) < 4.78 is 11.5. The van der Waals surface area contributed by atoms with E-state index in [9.17, 15) is 10.1 Å². The number of nitrogens with zero attached hydrogens (tertiary/aromatic N) is 1. The molecule has 0 unspecified atom stereocenters. The maximum absolute atomic E-state index is 11.6. The molecule has 0 aliphatic carbocycles. The molecule has 0 fully saturated rings. The van der Waals surface area contributed by atoms with Gasteiger partial charge < -0.3 is 15.2 Å². The van der Waals surface area contributed by atoms with E-state index in [2.05, 4.69) is 13.8 Å². The monoisotopic (exact) mass is 506 g/mol. The van der Waals surface area contributed by atoms with Crippen molar-refractivity contribution < 1.29 is 14.4 Å². The zero-order valence-electron chi connectivity index (χ0n) is 23.4. The summed E-state index contributed by atoms with van der Waals surface area (Å²) in [5.74, 6) is 0.614. The van der Waals surface area contributed by atoms with E-state index in [-0.39, 0.29) is 11.4 Å². The zero-order valence-corrected chi connectivity index (χ0v) is 23.4. The first-order valence-electron chi connectivity index (χ1n) is 14.9. The summed E-state index contributed by atoms with van der Waals surface area (Å²) in [5.41, 5.74) is 6.44. The van der Waals surface area contributed by atoms with Crippen LogP contribution in [0.4, 0.5) is 11.4 Å². The van der Waals surface area contributed by atoms with Gasteiger partial charge in [0, 0.05) is 6.07 Å². The SMILES string of the molecule is CCCCCCCCCCCCOc1cc([N+](=O)[O-])c(OCCCCCCCCCCCC)cc1N. The van der Waals surface area contributed by atoms with Crippen LogP contribution in [0.15, 0.2) is 12.1 Å². The molecule has 0 aliphatic rings. The maximum atomic E-state index is 11.6. The summed E-state index contributed by atoms with van der Waals surface area (Å²) in [7, 11) is 0. The lowest BCUT2D eigenvalue weighted by molar-refractivity contribution is -0.385. The third kappa shape index (κ3) is 15.9. The standard InChI is InChI=1S/C30H54N2O4/c1-3-5-7-9-11-13-15-17-19-21-23-35-29-26-28(32(33)34)30(25-27(29)31)36-24-22-20-18-16-14-12-10-8-6-4-2/h25-26H,3-24,31H2,1-2H3. The van der Waals surface area contributed by atoms with E-state index in [0.29, 0.717) is 24.7 Å². The van der Waals surface area contributed by atoms with Gasteiger partial charge in [-0.25, -0.2) is 0 Å². The van der Waals surface area contributed by atoms with Gasteiger partial charge in [0.05, 0.1) is 29.9 Å². The molecule has 36 heavy (non-hydrogen) atoms. The minimum atomic E-state index is -0.416. The van der Waals surface area contributed by atoms with E-state index in [4.69, 9.17) is 15.2 Å². The Morgan fingerprint density at radius 1 is 0.611 bits per heavy atom. The molecule has 1 aromatic carbocycles. The van der Waals surface area contributed by atoms with Crippen molar-refractivity contribution in [3.05, 3.63) is 22.2 Å². The highest BCUT2D eigenvalue weighted by molar-refractivity contribution is 5.64. The minimum absolute atomic E-state index is 0.0747. The van der Waals surface area contributed by atoms with Gasteiger partial charge in [0.25, 0.3) is 0 Å². The summed E-state index contributed by atoms with van der Waals surface area (Å²) in [4.78, 5) is 11.2. The van der Waals surface area contributed by atoms with Crippen LogP contribution < -0.4 is 15.2 Å². The van der Waals surface area contributed by atoms with Gasteiger partial charge in [0.15, 0.2) is 5.75 Å². The fourth-order valence-electron chi connectivity index (χ4n) is 4.49. The van der Waals surface area contributed by atoms with E-state index in [1.165, 1.54) is 109 Å². The third-order valence-electron chi connectivity index (χ3n) is 6.80. The first-order valence-corrected chi connectivity index (χ1v) is 14.9. The van der Waals surface area contributed by atoms with Crippen LogP contribution in [0, 0.1) is 10.1 Å². The number of anilines is 1. The fraction of sp³-hybridized carbons (Fsp3) is 0.800. The van der Waals surface area contributed by atoms with Crippen LogP contribution in [0.2, 0.25) is 0 Å². The molecule has 1 aromatic rings.